The van der Waals surface area contributed by atoms with Crippen molar-refractivity contribution in [3.8, 4) is 0 Å². The molecule has 0 heterocycles. The van der Waals surface area contributed by atoms with Gasteiger partial charge in [0.2, 0.25) is 0 Å². The Labute approximate surface area is 501 Å². The first kappa shape index (κ1) is 76.8. The van der Waals surface area contributed by atoms with Gasteiger partial charge in [0.25, 0.3) is 0 Å². The predicted octanol–water partition coefficient (Wildman–Crippen LogP) is 23.6. The second-order valence-electron chi connectivity index (χ2n) is 22.3. The Kier molecular flexibility index (Phi) is 64.8. The van der Waals surface area contributed by atoms with Crippen molar-refractivity contribution < 1.29 is 28.6 Å². The molecule has 0 spiro atoms. The molecule has 0 bridgehead atoms. The lowest BCUT2D eigenvalue weighted by molar-refractivity contribution is -0.167. The number of carbonyl (C=O) groups is 3. The minimum Gasteiger partial charge on any atom is -0.462 e. The predicted molar refractivity (Wildman–Crippen MR) is 353 cm³/mol. The molecule has 6 heteroatoms. The Bertz CT molecular complexity index is 1670. The SMILES string of the molecule is CC/C=C\C/C=C\C/C=C\C/C=C\C/C=C\CCCCCCCC(=O)OCC(COC(=O)CCCCCCCCCCC/C=C\C/C=C\CCCCCCC)OC(=O)CCCCCCCC/C=C\C/C=C\C/C=C\CCCCCCC. The molecular weight excluding hydrogens is 997 g/mol. The van der Waals surface area contributed by atoms with Gasteiger partial charge in [0.1, 0.15) is 13.2 Å². The monoisotopic (exact) mass is 1120 g/mol. The second kappa shape index (κ2) is 68.3. The van der Waals surface area contributed by atoms with Crippen molar-refractivity contribution in [3.05, 3.63) is 122 Å². The number of allylic oxidation sites excluding steroid dienone is 20. The van der Waals surface area contributed by atoms with E-state index < -0.39 is 6.10 Å². The Balaban J connectivity index is 4.47. The average Bonchev–Trinajstić information content (AvgIpc) is 3.47. The molecular formula is C75H126O6. The minimum absolute atomic E-state index is 0.0940. The van der Waals surface area contributed by atoms with Gasteiger partial charge in [0.05, 0.1) is 0 Å². The number of hydrogen-bond acceptors (Lipinski definition) is 6. The van der Waals surface area contributed by atoms with Crippen LogP contribution in [0.5, 0.6) is 0 Å². The Morgan fingerprint density at radius 3 is 0.753 bits per heavy atom. The third-order valence-electron chi connectivity index (χ3n) is 14.4. The Morgan fingerprint density at radius 2 is 0.481 bits per heavy atom. The molecule has 0 aliphatic rings. The zero-order valence-electron chi connectivity index (χ0n) is 53.0. The molecule has 0 aromatic heterocycles. The zero-order chi connectivity index (χ0) is 58.5. The fraction of sp³-hybridized carbons (Fsp3) is 0.693. The Hall–Kier alpha value is -4.19. The van der Waals surface area contributed by atoms with Gasteiger partial charge in [-0.2, -0.15) is 0 Å². The van der Waals surface area contributed by atoms with E-state index in [1.165, 1.54) is 135 Å². The maximum absolute atomic E-state index is 13.0. The van der Waals surface area contributed by atoms with Crippen LogP contribution in [0.4, 0.5) is 0 Å². The lowest BCUT2D eigenvalue weighted by atomic mass is 10.1. The van der Waals surface area contributed by atoms with E-state index in [9.17, 15) is 14.4 Å². The summed E-state index contributed by atoms with van der Waals surface area (Å²) >= 11 is 0. The summed E-state index contributed by atoms with van der Waals surface area (Å²) in [5.74, 6) is -0.922. The minimum atomic E-state index is -0.801. The number of rotatable bonds is 61. The van der Waals surface area contributed by atoms with Gasteiger partial charge < -0.3 is 14.2 Å². The standard InChI is InChI=1S/C75H126O6/c1-4-7-10-13-16-19-22-25-28-31-34-37-40-43-46-49-52-55-58-61-64-67-73(76)79-70-72(81-75(78)69-66-63-60-57-54-51-48-45-42-39-36-33-30-27-24-21-18-15-12-9-6-3)71-80-74(77)68-65-62-59-56-53-50-47-44-41-38-35-32-29-26-23-20-17-14-11-8-5-2/h7,10,16,19,23-28,32-37,42-43,45-46,72H,4-6,8-9,11-15,17-18,20-22,29-31,38-41,44,47-71H2,1-3H3/b10-7-,19-16-,26-23-,27-24-,28-25-,35-32-,36-33-,37-34-,45-42-,46-43-. The maximum atomic E-state index is 13.0. The highest BCUT2D eigenvalue weighted by molar-refractivity contribution is 5.71. The lowest BCUT2D eigenvalue weighted by Crippen LogP contribution is -2.30. The highest BCUT2D eigenvalue weighted by atomic mass is 16.6. The van der Waals surface area contributed by atoms with E-state index in [1.54, 1.807) is 0 Å². The van der Waals surface area contributed by atoms with E-state index in [4.69, 9.17) is 14.2 Å². The molecule has 0 fully saturated rings. The largest absolute Gasteiger partial charge is 0.462 e. The van der Waals surface area contributed by atoms with Crippen LogP contribution in [0.25, 0.3) is 0 Å². The van der Waals surface area contributed by atoms with E-state index in [0.717, 1.165) is 141 Å². The molecule has 81 heavy (non-hydrogen) atoms. The van der Waals surface area contributed by atoms with Crippen LogP contribution in [0.15, 0.2) is 122 Å². The third-order valence-corrected chi connectivity index (χ3v) is 14.4. The van der Waals surface area contributed by atoms with Crippen molar-refractivity contribution >= 4 is 17.9 Å². The molecule has 0 aromatic rings. The number of ether oxygens (including phenoxy) is 3. The molecule has 0 rings (SSSR count). The lowest BCUT2D eigenvalue weighted by Gasteiger charge is -2.18. The topological polar surface area (TPSA) is 78.9 Å². The molecule has 0 aromatic carbocycles. The first-order valence-corrected chi connectivity index (χ1v) is 34.0. The molecule has 0 saturated heterocycles. The molecule has 462 valence electrons. The van der Waals surface area contributed by atoms with Crippen LogP contribution in [0.2, 0.25) is 0 Å². The average molecular weight is 1120 g/mol. The van der Waals surface area contributed by atoms with Crippen molar-refractivity contribution in [2.24, 2.45) is 0 Å². The summed E-state index contributed by atoms with van der Waals surface area (Å²) in [7, 11) is 0. The van der Waals surface area contributed by atoms with Gasteiger partial charge in [0, 0.05) is 19.3 Å². The van der Waals surface area contributed by atoms with Gasteiger partial charge in [-0.05, 0) is 135 Å². The van der Waals surface area contributed by atoms with Crippen molar-refractivity contribution in [2.45, 2.75) is 322 Å². The highest BCUT2D eigenvalue weighted by Gasteiger charge is 2.19. The second-order valence-corrected chi connectivity index (χ2v) is 22.3. The number of hydrogen-bond donors (Lipinski definition) is 0. The summed E-state index contributed by atoms with van der Waals surface area (Å²) in [5, 5.41) is 0. The summed E-state index contributed by atoms with van der Waals surface area (Å²) < 4.78 is 17.0. The summed E-state index contributed by atoms with van der Waals surface area (Å²) in [6, 6.07) is 0. The Morgan fingerprint density at radius 1 is 0.259 bits per heavy atom. The van der Waals surface area contributed by atoms with Gasteiger partial charge in [-0.3, -0.25) is 14.4 Å². The maximum Gasteiger partial charge on any atom is 0.306 e. The summed E-state index contributed by atoms with van der Waals surface area (Å²) in [5.41, 5.74) is 0. The van der Waals surface area contributed by atoms with Crippen molar-refractivity contribution in [2.75, 3.05) is 13.2 Å². The van der Waals surface area contributed by atoms with Crippen molar-refractivity contribution in [3.63, 3.8) is 0 Å². The molecule has 0 aliphatic heterocycles. The van der Waals surface area contributed by atoms with Gasteiger partial charge >= 0.3 is 17.9 Å². The van der Waals surface area contributed by atoms with Gasteiger partial charge in [-0.15, -0.1) is 0 Å². The van der Waals surface area contributed by atoms with Gasteiger partial charge in [-0.25, -0.2) is 0 Å². The molecule has 0 aliphatic carbocycles. The molecule has 1 unspecified atom stereocenters. The number of esters is 3. The van der Waals surface area contributed by atoms with Crippen LogP contribution >= 0.6 is 0 Å². The van der Waals surface area contributed by atoms with Crippen LogP contribution in [0, 0.1) is 0 Å². The number of unbranched alkanes of at least 4 members (excludes halogenated alkanes) is 30. The third kappa shape index (κ3) is 66.5. The van der Waals surface area contributed by atoms with Crippen LogP contribution in [0.3, 0.4) is 0 Å². The van der Waals surface area contributed by atoms with E-state index >= 15 is 0 Å². The van der Waals surface area contributed by atoms with Gasteiger partial charge in [0.15, 0.2) is 6.10 Å². The van der Waals surface area contributed by atoms with Crippen molar-refractivity contribution in [1.29, 1.82) is 0 Å². The van der Waals surface area contributed by atoms with Gasteiger partial charge in [-0.1, -0.05) is 284 Å². The molecule has 0 N–H and O–H groups in total. The number of carbonyl (C=O) groups excluding carboxylic acids is 3. The summed E-state index contributed by atoms with van der Waals surface area (Å²) in [6.45, 7) is 6.50. The van der Waals surface area contributed by atoms with E-state index in [1.807, 2.05) is 0 Å². The first-order chi connectivity index (χ1) is 40.0. The molecule has 6 nitrogen and oxygen atoms in total. The highest BCUT2D eigenvalue weighted by Crippen LogP contribution is 2.15. The van der Waals surface area contributed by atoms with Crippen molar-refractivity contribution in [1.82, 2.24) is 0 Å². The normalized spacial score (nSPS) is 12.9. The molecule has 0 saturated carbocycles. The van der Waals surface area contributed by atoms with Crippen LogP contribution in [-0.4, -0.2) is 37.2 Å². The zero-order valence-corrected chi connectivity index (χ0v) is 53.0. The fourth-order valence-corrected chi connectivity index (χ4v) is 9.33. The molecule has 0 radical (unpaired) electrons. The van der Waals surface area contributed by atoms with E-state index in [0.29, 0.717) is 19.3 Å². The van der Waals surface area contributed by atoms with E-state index in [2.05, 4.69) is 142 Å². The quantitative estimate of drug-likeness (QED) is 0.0261. The smallest absolute Gasteiger partial charge is 0.306 e. The van der Waals surface area contributed by atoms with E-state index in [-0.39, 0.29) is 31.1 Å². The molecule has 1 atom stereocenters. The summed E-state index contributed by atoms with van der Waals surface area (Å²) in [4.78, 5) is 38.5. The van der Waals surface area contributed by atoms with Crippen LogP contribution in [-0.2, 0) is 28.6 Å². The molecule has 0 amide bonds. The first-order valence-electron chi connectivity index (χ1n) is 34.0. The summed E-state index contributed by atoms with van der Waals surface area (Å²) in [6.07, 6.45) is 94.8. The van der Waals surface area contributed by atoms with Crippen LogP contribution < -0.4 is 0 Å². The fourth-order valence-electron chi connectivity index (χ4n) is 9.33. The van der Waals surface area contributed by atoms with Crippen LogP contribution in [0.1, 0.15) is 316 Å².